The minimum absolute atomic E-state index is 0.0203. The number of ether oxygens (including phenoxy) is 2. The molecular weight excluding hydrogens is 479 g/mol. The maximum Gasteiger partial charge on any atom is 0.341 e. The van der Waals surface area contributed by atoms with Crippen molar-refractivity contribution < 1.29 is 44.3 Å². The van der Waals surface area contributed by atoms with Crippen molar-refractivity contribution in [3.8, 4) is 23.0 Å². The van der Waals surface area contributed by atoms with E-state index in [9.17, 15) is 34.8 Å². The van der Waals surface area contributed by atoms with Gasteiger partial charge in [-0.15, -0.1) is 0 Å². The lowest BCUT2D eigenvalue weighted by Gasteiger charge is -2.37. The molecule has 0 atom stereocenters. The lowest BCUT2D eigenvalue weighted by atomic mass is 9.75. The first kappa shape index (κ1) is 20.9. The van der Waals surface area contributed by atoms with Gasteiger partial charge >= 0.3 is 17.9 Å². The fraction of sp³-hybridized carbons (Fsp3) is 0.0455. The summed E-state index contributed by atoms with van der Waals surface area (Å²) in [5.74, 6) is -4.88. The molecule has 4 N–H and O–H groups in total. The Morgan fingerprint density at radius 3 is 1.82 bits per heavy atom. The maximum atomic E-state index is 13.1. The smallest absolute Gasteiger partial charge is 0.341 e. The van der Waals surface area contributed by atoms with Gasteiger partial charge in [-0.05, 0) is 24.3 Å². The average molecular weight is 489 g/mol. The van der Waals surface area contributed by atoms with Gasteiger partial charge in [0.2, 0.25) is 0 Å². The second kappa shape index (κ2) is 6.77. The highest BCUT2D eigenvalue weighted by Gasteiger charge is 2.57. The van der Waals surface area contributed by atoms with Crippen molar-refractivity contribution in [2.75, 3.05) is 0 Å². The number of carboxylic acids is 2. The van der Waals surface area contributed by atoms with Gasteiger partial charge in [-0.1, -0.05) is 23.2 Å². The zero-order chi connectivity index (χ0) is 23.8. The highest BCUT2D eigenvalue weighted by molar-refractivity contribution is 6.46. The SMILES string of the molecule is O=C(O)c1c(Cl)c(Cl)c2c(c1C(=O)O)C1(OC2=O)c2ccc(O)cc2Oc2cc(O)ccc21. The summed E-state index contributed by atoms with van der Waals surface area (Å²) in [7, 11) is 0. The Morgan fingerprint density at radius 1 is 0.818 bits per heavy atom. The third-order valence-corrected chi connectivity index (χ3v) is 6.37. The van der Waals surface area contributed by atoms with E-state index in [1.54, 1.807) is 0 Å². The number of aromatic hydroxyl groups is 2. The van der Waals surface area contributed by atoms with Gasteiger partial charge in [-0.3, -0.25) is 0 Å². The van der Waals surface area contributed by atoms with Crippen molar-refractivity contribution in [1.29, 1.82) is 0 Å². The van der Waals surface area contributed by atoms with E-state index in [2.05, 4.69) is 0 Å². The Bertz CT molecular complexity index is 1390. The van der Waals surface area contributed by atoms with Crippen LogP contribution in [-0.2, 0) is 10.3 Å². The Hall–Kier alpha value is -3.95. The zero-order valence-corrected chi connectivity index (χ0v) is 17.6. The quantitative estimate of drug-likeness (QED) is 0.385. The predicted octanol–water partition coefficient (Wildman–Crippen LogP) is 4.37. The number of hydrogen-bond donors (Lipinski definition) is 4. The number of carbonyl (C=O) groups is 3. The van der Waals surface area contributed by atoms with Gasteiger partial charge in [0, 0.05) is 28.8 Å². The van der Waals surface area contributed by atoms with E-state index < -0.39 is 50.2 Å². The van der Waals surface area contributed by atoms with E-state index in [0.29, 0.717) is 0 Å². The molecule has 2 aliphatic rings. The van der Waals surface area contributed by atoms with E-state index in [-0.39, 0.29) is 39.7 Å². The van der Waals surface area contributed by atoms with Crippen molar-refractivity contribution in [3.05, 3.63) is 79.8 Å². The summed E-state index contributed by atoms with van der Waals surface area (Å²) in [6, 6.07) is 7.61. The molecule has 0 fully saturated rings. The van der Waals surface area contributed by atoms with Crippen molar-refractivity contribution in [3.63, 3.8) is 0 Å². The molecule has 0 unspecified atom stereocenters. The van der Waals surface area contributed by atoms with Gasteiger partial charge in [0.25, 0.3) is 0 Å². The maximum absolute atomic E-state index is 13.1. The molecule has 0 amide bonds. The average Bonchev–Trinajstić information content (AvgIpc) is 3.02. The summed E-state index contributed by atoms with van der Waals surface area (Å²) in [5, 5.41) is 38.6. The van der Waals surface area contributed by atoms with E-state index in [0.717, 1.165) is 0 Å². The summed E-state index contributed by atoms with van der Waals surface area (Å²) in [5.41, 5.74) is -4.21. The standard InChI is InChI=1S/C22H10Cl2O9/c23-17-14(20(29)30)13(19(27)28)16-15(18(17)24)21(31)33-22(16)9-3-1-7(25)5-11(9)32-12-6-8(26)2-4-10(12)22/h1-6,25-26H,(H,27,28)(H,29,30). The van der Waals surface area contributed by atoms with Gasteiger partial charge in [0.1, 0.15) is 23.0 Å². The third kappa shape index (κ3) is 2.63. The highest BCUT2D eigenvalue weighted by Crippen LogP contribution is 2.59. The molecule has 3 aromatic carbocycles. The lowest BCUT2D eigenvalue weighted by Crippen LogP contribution is -2.35. The molecule has 2 aliphatic heterocycles. The number of carbonyl (C=O) groups excluding carboxylic acids is 1. The van der Waals surface area contributed by atoms with Crippen LogP contribution >= 0.6 is 23.2 Å². The van der Waals surface area contributed by atoms with Crippen molar-refractivity contribution >= 4 is 41.1 Å². The first-order chi connectivity index (χ1) is 15.6. The molecule has 33 heavy (non-hydrogen) atoms. The molecular formula is C22H10Cl2O9. The number of fused-ring (bicyclic) bond motifs is 6. The Morgan fingerprint density at radius 2 is 1.33 bits per heavy atom. The minimum Gasteiger partial charge on any atom is -0.508 e. The van der Waals surface area contributed by atoms with Gasteiger partial charge < -0.3 is 29.9 Å². The van der Waals surface area contributed by atoms with Crippen LogP contribution in [-0.4, -0.2) is 38.3 Å². The van der Waals surface area contributed by atoms with Crippen LogP contribution < -0.4 is 4.74 Å². The van der Waals surface area contributed by atoms with Crippen LogP contribution in [0.2, 0.25) is 10.0 Å². The number of phenolic OH excluding ortho intramolecular Hbond substituents is 2. The summed E-state index contributed by atoms with van der Waals surface area (Å²) in [4.78, 5) is 37.5. The lowest BCUT2D eigenvalue weighted by molar-refractivity contribution is 0.0218. The van der Waals surface area contributed by atoms with Crippen LogP contribution in [0.4, 0.5) is 0 Å². The van der Waals surface area contributed by atoms with E-state index in [1.807, 2.05) is 0 Å². The Labute approximate surface area is 193 Å². The molecule has 0 aromatic heterocycles. The summed E-state index contributed by atoms with van der Waals surface area (Å²) in [6.07, 6.45) is 0. The number of halogens is 2. The molecule has 0 aliphatic carbocycles. The zero-order valence-electron chi connectivity index (χ0n) is 16.1. The summed E-state index contributed by atoms with van der Waals surface area (Å²) in [6.45, 7) is 0. The molecule has 3 aromatic rings. The van der Waals surface area contributed by atoms with E-state index >= 15 is 0 Å². The summed E-state index contributed by atoms with van der Waals surface area (Å²) >= 11 is 12.3. The first-order valence-corrected chi connectivity index (χ1v) is 9.93. The summed E-state index contributed by atoms with van der Waals surface area (Å²) < 4.78 is 11.5. The van der Waals surface area contributed by atoms with Crippen LogP contribution in [0.5, 0.6) is 23.0 Å². The highest BCUT2D eigenvalue weighted by atomic mass is 35.5. The van der Waals surface area contributed by atoms with Crippen LogP contribution in [0.1, 0.15) is 47.8 Å². The van der Waals surface area contributed by atoms with E-state index in [1.165, 1.54) is 36.4 Å². The molecule has 5 rings (SSSR count). The molecule has 1 spiro atoms. The van der Waals surface area contributed by atoms with Gasteiger partial charge in [0.15, 0.2) is 5.60 Å². The third-order valence-electron chi connectivity index (χ3n) is 5.52. The molecule has 11 heteroatoms. The molecule has 166 valence electrons. The monoisotopic (exact) mass is 488 g/mol. The van der Waals surface area contributed by atoms with Crippen LogP contribution in [0.3, 0.4) is 0 Å². The number of rotatable bonds is 2. The minimum atomic E-state index is -2.02. The van der Waals surface area contributed by atoms with Crippen molar-refractivity contribution in [2.24, 2.45) is 0 Å². The molecule has 0 radical (unpaired) electrons. The van der Waals surface area contributed by atoms with Gasteiger partial charge in [-0.2, -0.15) is 0 Å². The van der Waals surface area contributed by atoms with Crippen LogP contribution in [0, 0.1) is 0 Å². The van der Waals surface area contributed by atoms with Gasteiger partial charge in [-0.25, -0.2) is 14.4 Å². The fourth-order valence-electron chi connectivity index (χ4n) is 4.30. The first-order valence-electron chi connectivity index (χ1n) is 9.18. The number of benzene rings is 3. The topological polar surface area (TPSA) is 151 Å². The Balaban J connectivity index is 2.04. The molecule has 0 saturated carbocycles. The molecule has 9 nitrogen and oxygen atoms in total. The molecule has 0 bridgehead atoms. The van der Waals surface area contributed by atoms with Crippen LogP contribution in [0.15, 0.2) is 36.4 Å². The molecule has 0 saturated heterocycles. The van der Waals surface area contributed by atoms with Crippen molar-refractivity contribution in [1.82, 2.24) is 0 Å². The largest absolute Gasteiger partial charge is 0.508 e. The number of esters is 1. The fourth-order valence-corrected chi connectivity index (χ4v) is 4.84. The number of hydrogen-bond acceptors (Lipinski definition) is 7. The second-order valence-electron chi connectivity index (χ2n) is 7.27. The Kier molecular flexibility index (Phi) is 4.29. The van der Waals surface area contributed by atoms with Crippen LogP contribution in [0.25, 0.3) is 0 Å². The van der Waals surface area contributed by atoms with Crippen molar-refractivity contribution in [2.45, 2.75) is 5.60 Å². The van der Waals surface area contributed by atoms with Gasteiger partial charge in [0.05, 0.1) is 26.7 Å². The molecule has 2 heterocycles. The number of carboxylic acid groups (broad SMARTS) is 2. The number of phenols is 2. The predicted molar refractivity (Wildman–Crippen MR) is 112 cm³/mol. The second-order valence-corrected chi connectivity index (χ2v) is 8.03. The van der Waals surface area contributed by atoms with E-state index in [4.69, 9.17) is 32.7 Å². The normalized spacial score (nSPS) is 14.7. The number of aromatic carboxylic acids is 2.